The molecule has 1 aliphatic rings. The number of hydrogen-bond donors (Lipinski definition) is 1. The summed E-state index contributed by atoms with van der Waals surface area (Å²) >= 11 is 0. The summed E-state index contributed by atoms with van der Waals surface area (Å²) in [6.45, 7) is 2.53. The number of benzene rings is 1. The lowest BCUT2D eigenvalue weighted by Gasteiger charge is -2.32. The average Bonchev–Trinajstić information content (AvgIpc) is 2.67. The average molecular weight is 276 g/mol. The zero-order chi connectivity index (χ0) is 14.6. The molecule has 0 spiro atoms. The minimum absolute atomic E-state index is 0.135. The normalized spacial score (nSPS) is 18.5. The largest absolute Gasteiger partial charge is 0.330 e. The summed E-state index contributed by atoms with van der Waals surface area (Å²) in [5, 5.41) is 11.1. The Morgan fingerprint density at radius 2 is 1.90 bits per heavy atom. The monoisotopic (exact) mass is 276 g/mol. The molecule has 110 valence electrons. The Morgan fingerprint density at radius 1 is 1.25 bits per heavy atom. The van der Waals surface area contributed by atoms with Crippen LogP contribution in [0.3, 0.4) is 0 Å². The third kappa shape index (κ3) is 3.18. The van der Waals surface area contributed by atoms with Crippen molar-refractivity contribution in [3.05, 3.63) is 39.4 Å². The molecule has 4 heteroatoms. The molecule has 0 saturated heterocycles. The number of nitro groups is 1. The highest BCUT2D eigenvalue weighted by atomic mass is 16.6. The van der Waals surface area contributed by atoms with Gasteiger partial charge in [0.2, 0.25) is 0 Å². The van der Waals surface area contributed by atoms with Crippen LogP contribution in [0.1, 0.15) is 49.7 Å². The lowest BCUT2D eigenvalue weighted by Crippen LogP contribution is -2.32. The van der Waals surface area contributed by atoms with Crippen LogP contribution < -0.4 is 5.73 Å². The van der Waals surface area contributed by atoms with E-state index in [2.05, 4.69) is 0 Å². The third-order valence-electron chi connectivity index (χ3n) is 4.78. The van der Waals surface area contributed by atoms with Gasteiger partial charge in [0, 0.05) is 11.6 Å². The van der Waals surface area contributed by atoms with Gasteiger partial charge in [-0.05, 0) is 43.7 Å². The van der Waals surface area contributed by atoms with Crippen LogP contribution in [0.25, 0.3) is 0 Å². The summed E-state index contributed by atoms with van der Waals surface area (Å²) in [5.41, 5.74) is 8.32. The van der Waals surface area contributed by atoms with Gasteiger partial charge in [-0.1, -0.05) is 37.8 Å². The topological polar surface area (TPSA) is 69.2 Å². The van der Waals surface area contributed by atoms with Gasteiger partial charge in [-0.25, -0.2) is 0 Å². The van der Waals surface area contributed by atoms with E-state index < -0.39 is 0 Å². The van der Waals surface area contributed by atoms with Gasteiger partial charge in [0.25, 0.3) is 5.69 Å². The zero-order valence-corrected chi connectivity index (χ0v) is 12.2. The van der Waals surface area contributed by atoms with E-state index in [0.717, 1.165) is 30.4 Å². The summed E-state index contributed by atoms with van der Waals surface area (Å²) in [6.07, 6.45) is 8.19. The second-order valence-electron chi connectivity index (χ2n) is 6.11. The van der Waals surface area contributed by atoms with E-state index in [0.29, 0.717) is 6.54 Å². The first kappa shape index (κ1) is 15.0. The van der Waals surface area contributed by atoms with Gasteiger partial charge in [0.15, 0.2) is 0 Å². The molecule has 1 aromatic carbocycles. The second-order valence-corrected chi connectivity index (χ2v) is 6.11. The maximum Gasteiger partial charge on any atom is 0.272 e. The minimum Gasteiger partial charge on any atom is -0.330 e. The molecule has 0 unspecified atom stereocenters. The van der Waals surface area contributed by atoms with Gasteiger partial charge in [-0.15, -0.1) is 0 Å². The van der Waals surface area contributed by atoms with Crippen molar-refractivity contribution >= 4 is 5.69 Å². The molecule has 2 N–H and O–H groups in total. The smallest absolute Gasteiger partial charge is 0.272 e. The van der Waals surface area contributed by atoms with Crippen LogP contribution in [0.5, 0.6) is 0 Å². The highest BCUT2D eigenvalue weighted by molar-refractivity contribution is 5.44. The van der Waals surface area contributed by atoms with Gasteiger partial charge in [-0.2, -0.15) is 0 Å². The van der Waals surface area contributed by atoms with E-state index in [1.54, 1.807) is 12.1 Å². The van der Waals surface area contributed by atoms with Crippen LogP contribution in [-0.4, -0.2) is 11.5 Å². The first-order chi connectivity index (χ1) is 9.58. The number of nitro benzene ring substituents is 1. The molecular formula is C16H24N2O2. The van der Waals surface area contributed by atoms with Crippen LogP contribution in [0.4, 0.5) is 5.69 Å². The summed E-state index contributed by atoms with van der Waals surface area (Å²) in [7, 11) is 0. The van der Waals surface area contributed by atoms with E-state index in [4.69, 9.17) is 5.73 Å². The van der Waals surface area contributed by atoms with Crippen LogP contribution >= 0.6 is 0 Å². The summed E-state index contributed by atoms with van der Waals surface area (Å²) in [4.78, 5) is 10.8. The Bertz CT molecular complexity index is 477. The number of rotatable bonds is 4. The molecule has 1 aromatic rings. The maximum absolute atomic E-state index is 11.1. The maximum atomic E-state index is 11.1. The number of hydrogen-bond acceptors (Lipinski definition) is 3. The first-order valence-corrected chi connectivity index (χ1v) is 7.51. The van der Waals surface area contributed by atoms with Crippen LogP contribution in [0.2, 0.25) is 0 Å². The molecule has 0 aromatic heterocycles. The molecule has 0 bridgehead atoms. The predicted molar refractivity (Wildman–Crippen MR) is 80.7 cm³/mol. The highest BCUT2D eigenvalue weighted by Crippen LogP contribution is 2.38. The molecular weight excluding hydrogens is 252 g/mol. The Kier molecular flexibility index (Phi) is 4.76. The van der Waals surface area contributed by atoms with E-state index in [9.17, 15) is 10.1 Å². The van der Waals surface area contributed by atoms with Crippen molar-refractivity contribution in [3.63, 3.8) is 0 Å². The molecule has 4 nitrogen and oxygen atoms in total. The van der Waals surface area contributed by atoms with Crippen molar-refractivity contribution in [2.75, 3.05) is 6.54 Å². The summed E-state index contributed by atoms with van der Waals surface area (Å²) in [6, 6.07) is 5.40. The molecule has 1 saturated carbocycles. The molecule has 1 fully saturated rings. The van der Waals surface area contributed by atoms with Gasteiger partial charge in [-0.3, -0.25) is 10.1 Å². The van der Waals surface area contributed by atoms with Gasteiger partial charge < -0.3 is 5.73 Å². The van der Waals surface area contributed by atoms with Crippen molar-refractivity contribution < 1.29 is 4.92 Å². The SMILES string of the molecule is Cc1c(CC2(CN)CCCCCC2)cccc1[N+](=O)[O-]. The quantitative estimate of drug-likeness (QED) is 0.517. The van der Waals surface area contributed by atoms with Crippen molar-refractivity contribution in [1.82, 2.24) is 0 Å². The van der Waals surface area contributed by atoms with Crippen molar-refractivity contribution in [3.8, 4) is 0 Å². The van der Waals surface area contributed by atoms with Crippen molar-refractivity contribution in [2.24, 2.45) is 11.1 Å². The van der Waals surface area contributed by atoms with E-state index in [1.165, 1.54) is 25.7 Å². The number of nitrogens with two attached hydrogens (primary N) is 1. The number of nitrogens with zero attached hydrogens (tertiary/aromatic N) is 1. The molecule has 1 aliphatic carbocycles. The molecule has 0 aliphatic heterocycles. The Balaban J connectivity index is 2.27. The van der Waals surface area contributed by atoms with E-state index >= 15 is 0 Å². The Labute approximate surface area is 120 Å². The van der Waals surface area contributed by atoms with Crippen LogP contribution in [0.15, 0.2) is 18.2 Å². The fourth-order valence-corrected chi connectivity index (χ4v) is 3.39. The molecule has 0 heterocycles. The van der Waals surface area contributed by atoms with Gasteiger partial charge in [0.05, 0.1) is 4.92 Å². The van der Waals surface area contributed by atoms with E-state index in [-0.39, 0.29) is 16.0 Å². The zero-order valence-electron chi connectivity index (χ0n) is 12.2. The lowest BCUT2D eigenvalue weighted by atomic mass is 9.74. The van der Waals surface area contributed by atoms with Crippen LogP contribution in [-0.2, 0) is 6.42 Å². The second kappa shape index (κ2) is 6.35. The fraction of sp³-hybridized carbons (Fsp3) is 0.625. The Hall–Kier alpha value is -1.42. The molecule has 20 heavy (non-hydrogen) atoms. The molecule has 0 amide bonds. The Morgan fingerprint density at radius 3 is 2.45 bits per heavy atom. The fourth-order valence-electron chi connectivity index (χ4n) is 3.39. The third-order valence-corrected chi connectivity index (χ3v) is 4.78. The minimum atomic E-state index is -0.291. The molecule has 2 rings (SSSR count). The molecule has 0 atom stereocenters. The highest BCUT2D eigenvalue weighted by Gasteiger charge is 2.31. The lowest BCUT2D eigenvalue weighted by molar-refractivity contribution is -0.385. The first-order valence-electron chi connectivity index (χ1n) is 7.51. The van der Waals surface area contributed by atoms with Crippen molar-refractivity contribution in [2.45, 2.75) is 51.9 Å². The summed E-state index contributed by atoms with van der Waals surface area (Å²) < 4.78 is 0. The van der Waals surface area contributed by atoms with Crippen molar-refractivity contribution in [1.29, 1.82) is 0 Å². The van der Waals surface area contributed by atoms with Gasteiger partial charge >= 0.3 is 0 Å². The van der Waals surface area contributed by atoms with Gasteiger partial charge in [0.1, 0.15) is 0 Å². The van der Waals surface area contributed by atoms with E-state index in [1.807, 2.05) is 13.0 Å². The standard InChI is InChI=1S/C16H24N2O2/c1-13-14(7-6-8-15(13)18(19)20)11-16(12-17)9-4-2-3-5-10-16/h6-8H,2-5,9-12,17H2,1H3. The summed E-state index contributed by atoms with van der Waals surface area (Å²) in [5.74, 6) is 0. The predicted octanol–water partition coefficient (Wildman–Crippen LogP) is 3.75. The van der Waals surface area contributed by atoms with Crippen LogP contribution in [0, 0.1) is 22.5 Å². The molecule has 0 radical (unpaired) electrons.